The van der Waals surface area contributed by atoms with Gasteiger partial charge in [0.05, 0.1) is 12.8 Å². The highest BCUT2D eigenvalue weighted by Gasteiger charge is 2.15. The number of benzene rings is 2. The van der Waals surface area contributed by atoms with Gasteiger partial charge >= 0.3 is 0 Å². The first-order valence-electron chi connectivity index (χ1n) is 7.58. The van der Waals surface area contributed by atoms with Gasteiger partial charge in [-0.25, -0.2) is 0 Å². The summed E-state index contributed by atoms with van der Waals surface area (Å²) < 4.78 is 24.0. The van der Waals surface area contributed by atoms with Crippen molar-refractivity contribution < 1.29 is 18.9 Å². The monoisotopic (exact) mass is 357 g/mol. The van der Waals surface area contributed by atoms with Crippen molar-refractivity contribution in [2.24, 2.45) is 0 Å². The highest BCUT2D eigenvalue weighted by atomic mass is 32.1. The molecular formula is C17H15N3O4S. The van der Waals surface area contributed by atoms with Crippen LogP contribution in [-0.4, -0.2) is 28.7 Å². The van der Waals surface area contributed by atoms with Crippen molar-refractivity contribution in [1.82, 2.24) is 14.8 Å². The van der Waals surface area contributed by atoms with Gasteiger partial charge < -0.3 is 18.9 Å². The maximum atomic E-state index is 5.83. The van der Waals surface area contributed by atoms with Crippen molar-refractivity contribution in [3.05, 3.63) is 53.1 Å². The van der Waals surface area contributed by atoms with E-state index in [-0.39, 0.29) is 13.4 Å². The molecule has 0 atom stereocenters. The van der Waals surface area contributed by atoms with Gasteiger partial charge in [-0.05, 0) is 48.6 Å². The van der Waals surface area contributed by atoms with Crippen LogP contribution in [-0.2, 0) is 6.61 Å². The Labute approximate surface area is 148 Å². The summed E-state index contributed by atoms with van der Waals surface area (Å²) in [6.07, 6.45) is 0. The van der Waals surface area contributed by atoms with E-state index in [9.17, 15) is 0 Å². The molecule has 0 saturated heterocycles. The van der Waals surface area contributed by atoms with Gasteiger partial charge in [-0.15, -0.1) is 0 Å². The van der Waals surface area contributed by atoms with Crippen LogP contribution in [0.2, 0.25) is 0 Å². The first-order valence-corrected chi connectivity index (χ1v) is 7.98. The van der Waals surface area contributed by atoms with E-state index in [1.807, 2.05) is 41.0 Å². The first kappa shape index (κ1) is 15.5. The largest absolute Gasteiger partial charge is 0.497 e. The van der Waals surface area contributed by atoms with Gasteiger partial charge in [-0.1, -0.05) is 0 Å². The van der Waals surface area contributed by atoms with Gasteiger partial charge in [-0.2, -0.15) is 5.10 Å². The number of hydrogen-bond acceptors (Lipinski definition) is 6. The SMILES string of the molecule is COc1ccc(-n2c(COc3ccc4c(c3)OCO4)n[nH]c2=S)cc1. The average Bonchev–Trinajstić information content (AvgIpc) is 3.26. The van der Waals surface area contributed by atoms with Gasteiger partial charge in [0.15, 0.2) is 22.1 Å². The Morgan fingerprint density at radius 3 is 2.68 bits per heavy atom. The maximum absolute atomic E-state index is 5.83. The summed E-state index contributed by atoms with van der Waals surface area (Å²) in [6, 6.07) is 13.0. The number of aromatic nitrogens is 3. The van der Waals surface area contributed by atoms with E-state index in [1.54, 1.807) is 13.2 Å². The van der Waals surface area contributed by atoms with Gasteiger partial charge in [0.2, 0.25) is 6.79 Å². The third-order valence-corrected chi connectivity index (χ3v) is 4.06. The maximum Gasteiger partial charge on any atom is 0.231 e. The van der Waals surface area contributed by atoms with Crippen molar-refractivity contribution in [2.75, 3.05) is 13.9 Å². The second-order valence-corrected chi connectivity index (χ2v) is 5.67. The zero-order chi connectivity index (χ0) is 17.2. The molecule has 25 heavy (non-hydrogen) atoms. The highest BCUT2D eigenvalue weighted by Crippen LogP contribution is 2.35. The van der Waals surface area contributed by atoms with Crippen LogP contribution in [0, 0.1) is 4.77 Å². The predicted octanol–water partition coefficient (Wildman–Crippen LogP) is 3.25. The molecule has 2 heterocycles. The summed E-state index contributed by atoms with van der Waals surface area (Å²) >= 11 is 5.33. The van der Waals surface area contributed by atoms with Crippen LogP contribution in [0.25, 0.3) is 5.69 Å². The second-order valence-electron chi connectivity index (χ2n) is 5.28. The second kappa shape index (κ2) is 6.48. The molecule has 128 valence electrons. The van der Waals surface area contributed by atoms with E-state index in [2.05, 4.69) is 10.2 Å². The molecule has 4 rings (SSSR count). The molecule has 7 nitrogen and oxygen atoms in total. The van der Waals surface area contributed by atoms with Gasteiger partial charge in [-0.3, -0.25) is 9.67 Å². The summed E-state index contributed by atoms with van der Waals surface area (Å²) in [7, 11) is 1.63. The molecule has 0 amide bonds. The molecule has 1 aliphatic rings. The molecule has 2 aromatic carbocycles. The smallest absolute Gasteiger partial charge is 0.231 e. The molecule has 0 fully saturated rings. The Hall–Kier alpha value is -3.00. The first-order chi connectivity index (χ1) is 12.2. The van der Waals surface area contributed by atoms with Crippen LogP contribution in [0.1, 0.15) is 5.82 Å². The zero-order valence-corrected chi connectivity index (χ0v) is 14.2. The minimum absolute atomic E-state index is 0.231. The number of H-pyrrole nitrogens is 1. The third-order valence-electron chi connectivity index (χ3n) is 3.78. The fourth-order valence-electron chi connectivity index (χ4n) is 2.54. The minimum atomic E-state index is 0.231. The molecule has 1 N–H and O–H groups in total. The Kier molecular flexibility index (Phi) is 4.02. The Morgan fingerprint density at radius 1 is 1.12 bits per heavy atom. The van der Waals surface area contributed by atoms with Gasteiger partial charge in [0.25, 0.3) is 0 Å². The van der Waals surface area contributed by atoms with E-state index in [4.69, 9.17) is 31.2 Å². The summed E-state index contributed by atoms with van der Waals surface area (Å²) in [6.45, 7) is 0.480. The van der Waals surface area contributed by atoms with Crippen LogP contribution in [0.3, 0.4) is 0 Å². The van der Waals surface area contributed by atoms with Crippen LogP contribution in [0.5, 0.6) is 23.0 Å². The van der Waals surface area contributed by atoms with Crippen molar-refractivity contribution in [3.63, 3.8) is 0 Å². The molecular weight excluding hydrogens is 342 g/mol. The fraction of sp³-hybridized carbons (Fsp3) is 0.176. The Bertz CT molecular complexity index is 949. The lowest BCUT2D eigenvalue weighted by Crippen LogP contribution is -2.05. The Morgan fingerprint density at radius 2 is 1.88 bits per heavy atom. The number of nitrogens with zero attached hydrogens (tertiary/aromatic N) is 2. The molecule has 0 aliphatic carbocycles. The van der Waals surface area contributed by atoms with Crippen LogP contribution < -0.4 is 18.9 Å². The number of fused-ring (bicyclic) bond motifs is 1. The molecule has 0 unspecified atom stereocenters. The third kappa shape index (κ3) is 3.03. The summed E-state index contributed by atoms with van der Waals surface area (Å²) in [5, 5.41) is 7.06. The van der Waals surface area contributed by atoms with E-state index >= 15 is 0 Å². The number of hydrogen-bond donors (Lipinski definition) is 1. The number of methoxy groups -OCH3 is 1. The van der Waals surface area contributed by atoms with Crippen molar-refractivity contribution in [2.45, 2.75) is 6.61 Å². The predicted molar refractivity (Wildman–Crippen MR) is 92.2 cm³/mol. The molecule has 3 aromatic rings. The molecule has 0 spiro atoms. The van der Waals surface area contributed by atoms with Crippen LogP contribution in [0.4, 0.5) is 0 Å². The molecule has 0 radical (unpaired) electrons. The van der Waals surface area contributed by atoms with Gasteiger partial charge in [0.1, 0.15) is 18.1 Å². The number of aromatic amines is 1. The number of ether oxygens (including phenoxy) is 4. The lowest BCUT2D eigenvalue weighted by atomic mass is 10.3. The molecule has 1 aliphatic heterocycles. The van der Waals surface area contributed by atoms with Crippen molar-refractivity contribution >= 4 is 12.2 Å². The number of rotatable bonds is 5. The Balaban J connectivity index is 1.56. The highest BCUT2D eigenvalue weighted by molar-refractivity contribution is 7.71. The summed E-state index contributed by atoms with van der Waals surface area (Å²) in [5.41, 5.74) is 0.879. The van der Waals surface area contributed by atoms with E-state index in [0.29, 0.717) is 27.8 Å². The van der Waals surface area contributed by atoms with E-state index in [1.165, 1.54) is 0 Å². The lowest BCUT2D eigenvalue weighted by Gasteiger charge is -2.09. The minimum Gasteiger partial charge on any atom is -0.497 e. The standard InChI is InChI=1S/C17H15N3O4S/c1-21-12-4-2-11(3-5-12)20-16(18-19-17(20)25)9-22-13-6-7-14-15(8-13)24-10-23-14/h2-8H,9-10H2,1H3,(H,19,25). The fourth-order valence-corrected chi connectivity index (χ4v) is 2.79. The molecule has 1 aromatic heterocycles. The average molecular weight is 357 g/mol. The van der Waals surface area contributed by atoms with Crippen molar-refractivity contribution in [1.29, 1.82) is 0 Å². The van der Waals surface area contributed by atoms with E-state index in [0.717, 1.165) is 11.4 Å². The lowest BCUT2D eigenvalue weighted by molar-refractivity contribution is 0.173. The van der Waals surface area contributed by atoms with Crippen LogP contribution >= 0.6 is 12.2 Å². The van der Waals surface area contributed by atoms with Gasteiger partial charge in [0, 0.05) is 6.07 Å². The van der Waals surface area contributed by atoms with E-state index < -0.39 is 0 Å². The molecule has 0 bridgehead atoms. The summed E-state index contributed by atoms with van der Waals surface area (Å²) in [4.78, 5) is 0. The quantitative estimate of drug-likeness (QED) is 0.707. The zero-order valence-electron chi connectivity index (χ0n) is 13.4. The summed E-state index contributed by atoms with van der Waals surface area (Å²) in [5.74, 6) is 3.49. The normalized spacial score (nSPS) is 12.2. The molecule has 0 saturated carbocycles. The van der Waals surface area contributed by atoms with Crippen molar-refractivity contribution in [3.8, 4) is 28.7 Å². The van der Waals surface area contributed by atoms with Crippen LogP contribution in [0.15, 0.2) is 42.5 Å². The number of nitrogens with one attached hydrogen (secondary N) is 1. The molecule has 8 heteroatoms. The topological polar surface area (TPSA) is 70.5 Å².